The smallest absolute Gasteiger partial charge is 0.640 e. The minimum atomic E-state index is 0. The summed E-state index contributed by atoms with van der Waals surface area (Å²) in [5.41, 5.74) is 0. The van der Waals surface area contributed by atoms with E-state index >= 15 is 0 Å². The number of amides is 1. The summed E-state index contributed by atoms with van der Waals surface area (Å²) in [6, 6.07) is 0. The van der Waals surface area contributed by atoms with Gasteiger partial charge in [-0.3, -0.25) is 0 Å². The molecule has 0 bridgehead atoms. The van der Waals surface area contributed by atoms with Gasteiger partial charge in [-0.1, -0.05) is 6.67 Å². The average Bonchev–Trinajstić information content (AvgIpc) is 1.87. The topological polar surface area (TPSA) is 34.4 Å². The third-order valence-corrected chi connectivity index (χ3v) is 0.894. The Balaban J connectivity index is 0.000000490. The molecule has 47 valence electrons. The third kappa shape index (κ3) is 1.89. The van der Waals surface area contributed by atoms with Crippen LogP contribution in [0.3, 0.4) is 0 Å². The van der Waals surface area contributed by atoms with Gasteiger partial charge in [0.05, 0.1) is 5.91 Å². The number of carbonyl (C=O) groups is 1. The Morgan fingerprint density at radius 1 is 1.75 bits per heavy atom. The first kappa shape index (κ1) is 8.05. The number of hydrogen-bond donors (Lipinski definition) is 0. The van der Waals surface area contributed by atoms with Crippen molar-refractivity contribution in [1.82, 2.24) is 4.90 Å². The number of rotatable bonds is 0. The van der Waals surface area contributed by atoms with E-state index in [-0.39, 0.29) is 25.4 Å². The van der Waals surface area contributed by atoms with Crippen LogP contribution in [0.15, 0.2) is 0 Å². The zero-order valence-electron chi connectivity index (χ0n) is 4.57. The van der Waals surface area contributed by atoms with Gasteiger partial charge < -0.3 is 15.0 Å². The molecule has 1 heterocycles. The number of nitrogens with zero attached hydrogens (tertiary/aromatic N) is 2. The zero-order chi connectivity index (χ0) is 5.28. The van der Waals surface area contributed by atoms with Crippen LogP contribution in [0.5, 0.6) is 0 Å². The van der Waals surface area contributed by atoms with E-state index in [2.05, 4.69) is 5.32 Å². The molecule has 1 rings (SSSR count). The maximum atomic E-state index is 10.2. The standard InChI is InChI=1S/C4H8N2O.Ru/c1-6-2-4(7)5-3-6;/h2-3H2,1H3,(H,5,7);/q;+1/p-1. The maximum absolute atomic E-state index is 10.2. The van der Waals surface area contributed by atoms with Gasteiger partial charge in [-0.25, -0.2) is 0 Å². The summed E-state index contributed by atoms with van der Waals surface area (Å²) < 4.78 is 0. The van der Waals surface area contributed by atoms with Crippen molar-refractivity contribution in [2.45, 2.75) is 0 Å². The fraction of sp³-hybridized carbons (Fsp3) is 0.750. The molecule has 1 saturated heterocycles. The third-order valence-electron chi connectivity index (χ3n) is 0.894. The first-order valence-electron chi connectivity index (χ1n) is 2.18. The number of likely N-dealkylation sites (N-methyl/N-ethyl adjacent to an activating group) is 1. The Bertz CT molecular complexity index is 96.0. The fourth-order valence-corrected chi connectivity index (χ4v) is 0.530. The second-order valence-electron chi connectivity index (χ2n) is 1.71. The second-order valence-corrected chi connectivity index (χ2v) is 1.71. The predicted molar refractivity (Wildman–Crippen MR) is 25.9 cm³/mol. The molecular weight excluding hydrogens is 193 g/mol. The van der Waals surface area contributed by atoms with E-state index in [9.17, 15) is 4.79 Å². The summed E-state index contributed by atoms with van der Waals surface area (Å²) in [6.45, 7) is 1.08. The van der Waals surface area contributed by atoms with Crippen LogP contribution in [0.25, 0.3) is 5.32 Å². The molecule has 1 radical (unpaired) electrons. The molecule has 0 saturated carbocycles. The van der Waals surface area contributed by atoms with E-state index in [4.69, 9.17) is 0 Å². The van der Waals surface area contributed by atoms with Crippen molar-refractivity contribution >= 4 is 5.91 Å². The van der Waals surface area contributed by atoms with Crippen molar-refractivity contribution < 1.29 is 24.3 Å². The van der Waals surface area contributed by atoms with E-state index in [0.717, 1.165) is 0 Å². The van der Waals surface area contributed by atoms with E-state index < -0.39 is 0 Å². The van der Waals surface area contributed by atoms with Crippen LogP contribution in [-0.4, -0.2) is 31.1 Å². The van der Waals surface area contributed by atoms with Crippen molar-refractivity contribution in [3.05, 3.63) is 5.32 Å². The Hall–Kier alpha value is 0.0534. The van der Waals surface area contributed by atoms with Gasteiger partial charge in [-0.2, -0.15) is 0 Å². The first-order chi connectivity index (χ1) is 3.29. The molecule has 1 fully saturated rings. The molecule has 0 spiro atoms. The van der Waals surface area contributed by atoms with Gasteiger partial charge in [0.2, 0.25) is 0 Å². The monoisotopic (exact) mass is 201 g/mol. The molecule has 0 aliphatic carbocycles. The molecule has 3 nitrogen and oxygen atoms in total. The van der Waals surface area contributed by atoms with E-state index in [1.54, 1.807) is 0 Å². The van der Waals surface area contributed by atoms with Gasteiger partial charge in [-0.15, -0.1) is 0 Å². The van der Waals surface area contributed by atoms with Crippen molar-refractivity contribution in [3.8, 4) is 0 Å². The van der Waals surface area contributed by atoms with Gasteiger partial charge >= 0.3 is 19.5 Å². The van der Waals surface area contributed by atoms with Crippen LogP contribution >= 0.6 is 0 Å². The zero-order valence-corrected chi connectivity index (χ0v) is 6.31. The fourth-order valence-electron chi connectivity index (χ4n) is 0.530. The van der Waals surface area contributed by atoms with E-state index in [1.165, 1.54) is 0 Å². The van der Waals surface area contributed by atoms with Gasteiger partial charge in [0, 0.05) is 6.54 Å². The van der Waals surface area contributed by atoms with Crippen LogP contribution in [0.1, 0.15) is 0 Å². The normalized spacial score (nSPS) is 19.9. The van der Waals surface area contributed by atoms with Crippen LogP contribution in [0, 0.1) is 0 Å². The molecule has 1 aliphatic heterocycles. The predicted octanol–water partition coefficient (Wildman–Crippen LogP) is -0.213. The average molecular weight is 200 g/mol. The summed E-state index contributed by atoms with van der Waals surface area (Å²) in [7, 11) is 1.87. The van der Waals surface area contributed by atoms with Crippen molar-refractivity contribution in [2.24, 2.45) is 0 Å². The van der Waals surface area contributed by atoms with Gasteiger partial charge in [0.15, 0.2) is 0 Å². The van der Waals surface area contributed by atoms with E-state index in [1.807, 2.05) is 11.9 Å². The molecule has 1 aliphatic rings. The first-order valence-corrected chi connectivity index (χ1v) is 2.18. The summed E-state index contributed by atoms with van der Waals surface area (Å²) in [5.74, 6) is 0.00231. The van der Waals surface area contributed by atoms with Crippen LogP contribution in [0.2, 0.25) is 0 Å². The largest absolute Gasteiger partial charge is 1.00 e. The molecule has 0 atom stereocenters. The molecule has 8 heavy (non-hydrogen) atoms. The number of carbonyl (C=O) groups excluding carboxylic acids is 1. The molecule has 1 amide bonds. The second kappa shape index (κ2) is 3.15. The van der Waals surface area contributed by atoms with Gasteiger partial charge in [-0.05, 0) is 7.05 Å². The summed E-state index contributed by atoms with van der Waals surface area (Å²) in [6.07, 6.45) is 0. The summed E-state index contributed by atoms with van der Waals surface area (Å²) in [4.78, 5) is 12.1. The molecule has 0 aromatic carbocycles. The number of hydrogen-bond acceptors (Lipinski definition) is 2. The summed E-state index contributed by atoms with van der Waals surface area (Å²) >= 11 is 0. The summed E-state index contributed by atoms with van der Waals surface area (Å²) in [5, 5.41) is 3.60. The molecular formula is C4H7N2ORu. The molecule has 0 N–H and O–H groups in total. The van der Waals surface area contributed by atoms with Crippen LogP contribution in [-0.2, 0) is 24.3 Å². The maximum Gasteiger partial charge on any atom is 1.00 e. The van der Waals surface area contributed by atoms with E-state index in [0.29, 0.717) is 13.2 Å². The van der Waals surface area contributed by atoms with Crippen molar-refractivity contribution in [3.63, 3.8) is 0 Å². The van der Waals surface area contributed by atoms with Crippen molar-refractivity contribution in [1.29, 1.82) is 0 Å². The molecule has 0 aromatic rings. The van der Waals surface area contributed by atoms with Crippen LogP contribution < -0.4 is 0 Å². The Labute approximate surface area is 61.2 Å². The molecule has 0 unspecified atom stereocenters. The Morgan fingerprint density at radius 3 is 2.50 bits per heavy atom. The molecule has 4 heteroatoms. The SMILES string of the molecule is CN1C[N-]C(=O)C1.[Ru+]. The minimum Gasteiger partial charge on any atom is -0.640 e. The molecule has 0 aromatic heterocycles. The van der Waals surface area contributed by atoms with Gasteiger partial charge in [0.1, 0.15) is 0 Å². The van der Waals surface area contributed by atoms with Crippen molar-refractivity contribution in [2.75, 3.05) is 20.3 Å². The Kier molecular flexibility index (Phi) is 3.17. The van der Waals surface area contributed by atoms with Gasteiger partial charge in [0.25, 0.3) is 0 Å². The minimum absolute atomic E-state index is 0. The Morgan fingerprint density at radius 2 is 2.38 bits per heavy atom. The quantitative estimate of drug-likeness (QED) is 0.507. The van der Waals surface area contributed by atoms with Crippen LogP contribution in [0.4, 0.5) is 0 Å².